The summed E-state index contributed by atoms with van der Waals surface area (Å²) in [7, 11) is -2.70. The van der Waals surface area contributed by atoms with Crippen LogP contribution in [0.3, 0.4) is 0 Å². The van der Waals surface area contributed by atoms with Crippen molar-refractivity contribution >= 4 is 10.0 Å². The molecule has 1 N–H and O–H groups in total. The van der Waals surface area contributed by atoms with Crippen molar-refractivity contribution in [2.75, 3.05) is 7.05 Å². The average Bonchev–Trinajstić information content (AvgIpc) is 3.65. The molecule has 0 amide bonds. The molecule has 1 aliphatic carbocycles. The third-order valence-electron chi connectivity index (χ3n) is 5.14. The Morgan fingerprint density at radius 1 is 1.21 bits per heavy atom. The van der Waals surface area contributed by atoms with Gasteiger partial charge in [0.15, 0.2) is 5.75 Å². The molecule has 11 heteroatoms. The van der Waals surface area contributed by atoms with E-state index in [1.165, 1.54) is 37.6 Å². The molecule has 1 aliphatic rings. The molecule has 33 heavy (non-hydrogen) atoms. The van der Waals surface area contributed by atoms with E-state index >= 15 is 0 Å². The average molecular weight is 471 g/mol. The molecule has 0 unspecified atom stereocenters. The Kier molecular flexibility index (Phi) is 6.05. The van der Waals surface area contributed by atoms with E-state index in [0.717, 1.165) is 12.8 Å². The Bertz CT molecular complexity index is 1370. The van der Waals surface area contributed by atoms with Gasteiger partial charge in [0.05, 0.1) is 17.0 Å². The van der Waals surface area contributed by atoms with Gasteiger partial charge < -0.3 is 4.74 Å². The molecule has 1 fully saturated rings. The van der Waals surface area contributed by atoms with E-state index in [1.807, 2.05) is 6.07 Å². The van der Waals surface area contributed by atoms with Crippen LogP contribution in [0.25, 0.3) is 11.3 Å². The highest BCUT2D eigenvalue weighted by atomic mass is 32.2. The van der Waals surface area contributed by atoms with E-state index in [-0.39, 0.29) is 28.1 Å². The zero-order valence-corrected chi connectivity index (χ0v) is 18.5. The number of ether oxygens (including phenoxy) is 1. The normalized spacial score (nSPS) is 13.7. The van der Waals surface area contributed by atoms with Crippen LogP contribution in [-0.4, -0.2) is 30.4 Å². The van der Waals surface area contributed by atoms with Crippen molar-refractivity contribution in [3.8, 4) is 29.0 Å². The van der Waals surface area contributed by atoms with Crippen LogP contribution in [0.1, 0.15) is 47.7 Å². The number of rotatable bonds is 7. The molecular formula is C22H19F2N5O3S. The fourth-order valence-corrected chi connectivity index (χ4v) is 4.09. The molecular weight excluding hydrogens is 452 g/mol. The SMILES string of the molecule is CNS(=O)(=O)c1ccc(-c2cncc(C#N)c2)nc1Oc1c(C)cc(C(F)F)nc1C1CC1. The van der Waals surface area contributed by atoms with E-state index in [1.54, 1.807) is 13.0 Å². The zero-order chi connectivity index (χ0) is 23.8. The summed E-state index contributed by atoms with van der Waals surface area (Å²) in [6.45, 7) is 1.60. The second kappa shape index (κ2) is 8.80. The van der Waals surface area contributed by atoms with Crippen LogP contribution in [-0.2, 0) is 10.0 Å². The number of sulfonamides is 1. The van der Waals surface area contributed by atoms with E-state index < -0.39 is 16.4 Å². The molecule has 3 heterocycles. The van der Waals surface area contributed by atoms with Gasteiger partial charge >= 0.3 is 0 Å². The zero-order valence-electron chi connectivity index (χ0n) is 17.7. The molecule has 0 saturated heterocycles. The lowest BCUT2D eigenvalue weighted by molar-refractivity contribution is 0.145. The molecule has 3 aromatic heterocycles. The summed E-state index contributed by atoms with van der Waals surface area (Å²) < 4.78 is 60.1. The van der Waals surface area contributed by atoms with Gasteiger partial charge in [-0.2, -0.15) is 5.26 Å². The number of nitrogens with one attached hydrogen (secondary N) is 1. The lowest BCUT2D eigenvalue weighted by Crippen LogP contribution is -2.20. The van der Waals surface area contributed by atoms with Crippen molar-refractivity contribution in [3.05, 3.63) is 59.2 Å². The van der Waals surface area contributed by atoms with Gasteiger partial charge in [-0.25, -0.2) is 31.9 Å². The first kappa shape index (κ1) is 22.7. The van der Waals surface area contributed by atoms with Crippen molar-refractivity contribution in [3.63, 3.8) is 0 Å². The van der Waals surface area contributed by atoms with E-state index in [4.69, 9.17) is 10.00 Å². The minimum Gasteiger partial charge on any atom is -0.435 e. The van der Waals surface area contributed by atoms with Gasteiger partial charge in [0, 0.05) is 23.9 Å². The summed E-state index contributed by atoms with van der Waals surface area (Å²) >= 11 is 0. The number of aryl methyl sites for hydroxylation is 1. The molecule has 0 aromatic carbocycles. The summed E-state index contributed by atoms with van der Waals surface area (Å²) in [6, 6.07) is 7.58. The number of aromatic nitrogens is 3. The van der Waals surface area contributed by atoms with Gasteiger partial charge in [-0.1, -0.05) is 0 Å². The Morgan fingerprint density at radius 3 is 2.61 bits per heavy atom. The summed E-state index contributed by atoms with van der Waals surface area (Å²) in [5.41, 5.74) is 1.52. The first-order chi connectivity index (χ1) is 15.7. The number of hydrogen-bond donors (Lipinski definition) is 1. The third-order valence-corrected chi connectivity index (χ3v) is 6.57. The second-order valence-electron chi connectivity index (χ2n) is 7.54. The fourth-order valence-electron chi connectivity index (χ4n) is 3.30. The highest BCUT2D eigenvalue weighted by molar-refractivity contribution is 7.89. The van der Waals surface area contributed by atoms with Crippen LogP contribution in [0.4, 0.5) is 8.78 Å². The monoisotopic (exact) mass is 471 g/mol. The van der Waals surface area contributed by atoms with E-state index in [2.05, 4.69) is 19.7 Å². The molecule has 3 aromatic rings. The van der Waals surface area contributed by atoms with Crippen molar-refractivity contribution in [2.45, 2.75) is 37.0 Å². The first-order valence-electron chi connectivity index (χ1n) is 10.0. The number of hydrogen-bond acceptors (Lipinski definition) is 7. The standard InChI is InChI=1S/C22H19F2N5O3S/c1-12-7-17(21(23)24)28-19(14-3-4-14)20(12)32-22-18(33(30,31)26-2)6-5-16(29-22)15-8-13(9-25)10-27-11-15/h5-8,10-11,14,21,26H,3-4H2,1-2H3. The molecule has 170 valence electrons. The third kappa shape index (κ3) is 4.67. The van der Waals surface area contributed by atoms with E-state index in [0.29, 0.717) is 28.1 Å². The van der Waals surface area contributed by atoms with Gasteiger partial charge in [0.25, 0.3) is 6.43 Å². The van der Waals surface area contributed by atoms with E-state index in [9.17, 15) is 17.2 Å². The van der Waals surface area contributed by atoms with Crippen molar-refractivity contribution in [2.24, 2.45) is 0 Å². The maximum atomic E-state index is 13.3. The van der Waals surface area contributed by atoms with Crippen LogP contribution >= 0.6 is 0 Å². The quantitative estimate of drug-likeness (QED) is 0.548. The summed E-state index contributed by atoms with van der Waals surface area (Å²) in [4.78, 5) is 12.3. The molecule has 0 bridgehead atoms. The summed E-state index contributed by atoms with van der Waals surface area (Å²) in [5, 5.41) is 9.14. The Balaban J connectivity index is 1.86. The van der Waals surface area contributed by atoms with Crippen molar-refractivity contribution < 1.29 is 21.9 Å². The van der Waals surface area contributed by atoms with Crippen LogP contribution in [0, 0.1) is 18.3 Å². The maximum absolute atomic E-state index is 13.3. The molecule has 4 rings (SSSR count). The second-order valence-corrected chi connectivity index (χ2v) is 9.39. The van der Waals surface area contributed by atoms with Crippen molar-refractivity contribution in [1.82, 2.24) is 19.7 Å². The van der Waals surface area contributed by atoms with Crippen molar-refractivity contribution in [1.29, 1.82) is 5.26 Å². The number of halogens is 2. The minimum atomic E-state index is -3.96. The van der Waals surface area contributed by atoms with Gasteiger partial charge in [0.2, 0.25) is 15.9 Å². The fraction of sp³-hybridized carbons (Fsp3) is 0.273. The summed E-state index contributed by atoms with van der Waals surface area (Å²) in [6.07, 6.45) is 1.69. The lowest BCUT2D eigenvalue weighted by atomic mass is 10.1. The molecule has 1 saturated carbocycles. The molecule has 0 atom stereocenters. The Labute approximate surface area is 189 Å². The molecule has 0 spiro atoms. The van der Waals surface area contributed by atoms with Crippen LogP contribution < -0.4 is 9.46 Å². The molecule has 0 radical (unpaired) electrons. The molecule has 0 aliphatic heterocycles. The van der Waals surface area contributed by atoms with Gasteiger partial charge in [-0.15, -0.1) is 0 Å². The number of pyridine rings is 3. The number of alkyl halides is 2. The van der Waals surface area contributed by atoms with Crippen LogP contribution in [0.15, 0.2) is 41.6 Å². The highest BCUT2D eigenvalue weighted by Crippen LogP contribution is 2.46. The Hall–Kier alpha value is -3.49. The topological polar surface area (TPSA) is 118 Å². The molecule has 8 nitrogen and oxygen atoms in total. The highest BCUT2D eigenvalue weighted by Gasteiger charge is 2.32. The van der Waals surface area contributed by atoms with Gasteiger partial charge in [-0.05, 0) is 56.6 Å². The van der Waals surface area contributed by atoms with Gasteiger partial charge in [0.1, 0.15) is 16.7 Å². The van der Waals surface area contributed by atoms with Crippen LogP contribution in [0.2, 0.25) is 0 Å². The largest absolute Gasteiger partial charge is 0.435 e. The first-order valence-corrected chi connectivity index (χ1v) is 11.5. The predicted molar refractivity (Wildman–Crippen MR) is 114 cm³/mol. The maximum Gasteiger partial charge on any atom is 0.280 e. The van der Waals surface area contributed by atoms with Crippen LogP contribution in [0.5, 0.6) is 11.6 Å². The Morgan fingerprint density at radius 2 is 1.97 bits per heavy atom. The minimum absolute atomic E-state index is 0.0403. The van der Waals surface area contributed by atoms with Gasteiger partial charge in [-0.3, -0.25) is 4.98 Å². The number of nitriles is 1. The predicted octanol–water partition coefficient (Wildman–Crippen LogP) is 4.23. The summed E-state index contributed by atoms with van der Waals surface area (Å²) in [5.74, 6) is -0.0646. The number of nitrogens with zero attached hydrogens (tertiary/aromatic N) is 4. The lowest BCUT2D eigenvalue weighted by Gasteiger charge is -2.17. The smallest absolute Gasteiger partial charge is 0.280 e.